The van der Waals surface area contributed by atoms with Crippen LogP contribution in [0.4, 0.5) is 5.69 Å². The van der Waals surface area contributed by atoms with Crippen molar-refractivity contribution in [3.8, 4) is 0 Å². The second-order valence-corrected chi connectivity index (χ2v) is 5.87. The Balaban J connectivity index is 1.97. The summed E-state index contributed by atoms with van der Waals surface area (Å²) in [7, 11) is 0. The van der Waals surface area contributed by atoms with Gasteiger partial charge in [-0.15, -0.1) is 0 Å². The monoisotopic (exact) mass is 287 g/mol. The van der Waals surface area contributed by atoms with Crippen LogP contribution in [0.15, 0.2) is 76.3 Å². The molecule has 1 heteroatoms. The molecule has 0 aliphatic heterocycles. The highest BCUT2D eigenvalue weighted by atomic mass is 14.7. The topological polar surface area (TPSA) is 12.4 Å². The summed E-state index contributed by atoms with van der Waals surface area (Å²) in [5.74, 6) is 0. The molecule has 1 nitrogen and oxygen atoms in total. The van der Waals surface area contributed by atoms with Crippen LogP contribution in [0, 0.1) is 0 Å². The van der Waals surface area contributed by atoms with Gasteiger partial charge < -0.3 is 0 Å². The van der Waals surface area contributed by atoms with Gasteiger partial charge in [-0.2, -0.15) is 0 Å². The Morgan fingerprint density at radius 3 is 2.18 bits per heavy atom. The van der Waals surface area contributed by atoms with Crippen LogP contribution < -0.4 is 0 Å². The maximum Gasteiger partial charge on any atom is 0.0629 e. The highest BCUT2D eigenvalue weighted by Crippen LogP contribution is 2.38. The van der Waals surface area contributed by atoms with E-state index in [1.807, 2.05) is 36.5 Å². The number of allylic oxidation sites excluding steroid dienone is 4. The van der Waals surface area contributed by atoms with E-state index in [9.17, 15) is 0 Å². The van der Waals surface area contributed by atoms with Crippen molar-refractivity contribution in [1.82, 2.24) is 0 Å². The number of para-hydroxylation sites is 1. The molecule has 1 aliphatic carbocycles. The molecule has 2 aromatic rings. The molecule has 0 saturated heterocycles. The summed E-state index contributed by atoms with van der Waals surface area (Å²) in [5, 5.41) is 0. The zero-order valence-electron chi connectivity index (χ0n) is 13.4. The van der Waals surface area contributed by atoms with Crippen molar-refractivity contribution in [2.75, 3.05) is 0 Å². The third-order valence-corrected chi connectivity index (χ3v) is 4.49. The van der Waals surface area contributed by atoms with E-state index in [0.717, 1.165) is 12.1 Å². The van der Waals surface area contributed by atoms with Gasteiger partial charge >= 0.3 is 0 Å². The fraction of sp³-hybridized carbons (Fsp3) is 0.190. The van der Waals surface area contributed by atoms with E-state index in [1.54, 1.807) is 0 Å². The van der Waals surface area contributed by atoms with Gasteiger partial charge in [0.2, 0.25) is 0 Å². The minimum atomic E-state index is 0.986. The van der Waals surface area contributed by atoms with Gasteiger partial charge in [0.1, 0.15) is 0 Å². The van der Waals surface area contributed by atoms with Crippen LogP contribution in [0.25, 0.3) is 5.57 Å². The fourth-order valence-electron chi connectivity index (χ4n) is 2.92. The molecule has 1 aliphatic rings. The van der Waals surface area contributed by atoms with Crippen LogP contribution in [0.2, 0.25) is 0 Å². The molecule has 0 bridgehead atoms. The van der Waals surface area contributed by atoms with Gasteiger partial charge in [-0.3, -0.25) is 4.99 Å². The molecule has 3 rings (SSSR count). The second kappa shape index (κ2) is 6.15. The Bertz CT molecular complexity index is 777. The molecule has 0 radical (unpaired) electrons. The van der Waals surface area contributed by atoms with E-state index in [1.165, 1.54) is 33.4 Å². The predicted octanol–water partition coefficient (Wildman–Crippen LogP) is 5.95. The lowest BCUT2D eigenvalue weighted by molar-refractivity contribution is 1.22. The van der Waals surface area contributed by atoms with Crippen LogP contribution in [0.5, 0.6) is 0 Å². The number of nitrogens with zero attached hydrogens (tertiary/aromatic N) is 1. The van der Waals surface area contributed by atoms with Gasteiger partial charge in [-0.05, 0) is 61.6 Å². The molecular formula is C21H21N. The lowest BCUT2D eigenvalue weighted by atomic mass is 9.96. The third kappa shape index (κ3) is 2.80. The number of hydrogen-bond donors (Lipinski definition) is 0. The fourth-order valence-corrected chi connectivity index (χ4v) is 2.92. The first-order valence-electron chi connectivity index (χ1n) is 7.72. The zero-order valence-corrected chi connectivity index (χ0v) is 13.4. The Morgan fingerprint density at radius 1 is 0.818 bits per heavy atom. The van der Waals surface area contributed by atoms with Crippen molar-refractivity contribution in [3.05, 3.63) is 82.4 Å². The van der Waals surface area contributed by atoms with E-state index < -0.39 is 0 Å². The summed E-state index contributed by atoms with van der Waals surface area (Å²) in [6, 6.07) is 18.6. The van der Waals surface area contributed by atoms with Crippen LogP contribution in [0.1, 0.15) is 38.3 Å². The maximum atomic E-state index is 4.61. The van der Waals surface area contributed by atoms with Crippen LogP contribution >= 0.6 is 0 Å². The molecule has 0 saturated carbocycles. The largest absolute Gasteiger partial charge is 0.256 e. The van der Waals surface area contributed by atoms with Crippen molar-refractivity contribution in [3.63, 3.8) is 0 Å². The SMILES string of the molecule is CC1=C(C)C(C)=C(c2ccccc2/C=N/c2ccccc2)C1. The first kappa shape index (κ1) is 14.5. The Labute approximate surface area is 132 Å². The average Bonchev–Trinajstić information content (AvgIpc) is 2.82. The summed E-state index contributed by atoms with van der Waals surface area (Å²) < 4.78 is 0. The normalized spacial score (nSPS) is 15.2. The number of rotatable bonds is 3. The summed E-state index contributed by atoms with van der Waals surface area (Å²) in [5.41, 5.74) is 9.23. The molecular weight excluding hydrogens is 266 g/mol. The summed E-state index contributed by atoms with van der Waals surface area (Å²) >= 11 is 0. The Hall–Kier alpha value is -2.41. The van der Waals surface area contributed by atoms with E-state index in [-0.39, 0.29) is 0 Å². The van der Waals surface area contributed by atoms with Crippen LogP contribution in [-0.2, 0) is 0 Å². The van der Waals surface area contributed by atoms with Gasteiger partial charge in [0.05, 0.1) is 5.69 Å². The molecule has 0 amide bonds. The van der Waals surface area contributed by atoms with Gasteiger partial charge in [0.15, 0.2) is 0 Å². The zero-order chi connectivity index (χ0) is 15.5. The highest BCUT2D eigenvalue weighted by Gasteiger charge is 2.18. The van der Waals surface area contributed by atoms with Crippen molar-refractivity contribution in [2.45, 2.75) is 27.2 Å². The Morgan fingerprint density at radius 2 is 1.50 bits per heavy atom. The van der Waals surface area contributed by atoms with E-state index >= 15 is 0 Å². The van der Waals surface area contributed by atoms with E-state index in [2.05, 4.69) is 50.0 Å². The number of benzene rings is 2. The lowest BCUT2D eigenvalue weighted by Crippen LogP contribution is -1.93. The first-order chi connectivity index (χ1) is 10.7. The summed E-state index contributed by atoms with van der Waals surface area (Å²) in [6.45, 7) is 6.68. The van der Waals surface area contributed by atoms with Crippen molar-refractivity contribution < 1.29 is 0 Å². The van der Waals surface area contributed by atoms with Gasteiger partial charge in [0, 0.05) is 11.8 Å². The van der Waals surface area contributed by atoms with Crippen molar-refractivity contribution >= 4 is 17.5 Å². The minimum absolute atomic E-state index is 0.986. The highest BCUT2D eigenvalue weighted by molar-refractivity contribution is 5.92. The standard InChI is InChI=1S/C21H21N/c1-15-13-21(17(3)16(15)2)20-12-8-7-9-18(20)14-22-19-10-5-4-6-11-19/h4-12,14H,13H2,1-3H3/b22-14+. The molecule has 0 N–H and O–H groups in total. The van der Waals surface area contributed by atoms with Crippen molar-refractivity contribution in [1.29, 1.82) is 0 Å². The molecule has 0 fully saturated rings. The Kier molecular flexibility index (Phi) is 4.06. The van der Waals surface area contributed by atoms with Gasteiger partial charge in [-0.1, -0.05) is 48.0 Å². The molecule has 2 aromatic carbocycles. The van der Waals surface area contributed by atoms with Gasteiger partial charge in [-0.25, -0.2) is 0 Å². The number of aliphatic imine (C=N–C) groups is 1. The first-order valence-corrected chi connectivity index (χ1v) is 7.72. The van der Waals surface area contributed by atoms with Crippen molar-refractivity contribution in [2.24, 2.45) is 4.99 Å². The average molecular weight is 287 g/mol. The number of hydrogen-bond acceptors (Lipinski definition) is 1. The molecule has 0 unspecified atom stereocenters. The molecule has 22 heavy (non-hydrogen) atoms. The van der Waals surface area contributed by atoms with E-state index in [4.69, 9.17) is 0 Å². The maximum absolute atomic E-state index is 4.61. The lowest BCUT2D eigenvalue weighted by Gasteiger charge is -2.09. The quantitative estimate of drug-likeness (QED) is 0.618. The van der Waals surface area contributed by atoms with Gasteiger partial charge in [0.25, 0.3) is 0 Å². The molecule has 110 valence electrons. The predicted molar refractivity (Wildman–Crippen MR) is 95.7 cm³/mol. The second-order valence-electron chi connectivity index (χ2n) is 5.87. The smallest absolute Gasteiger partial charge is 0.0629 e. The van der Waals surface area contributed by atoms with Crippen LogP contribution in [-0.4, -0.2) is 6.21 Å². The summed E-state index contributed by atoms with van der Waals surface area (Å²) in [6.07, 6.45) is 3.03. The van der Waals surface area contributed by atoms with Crippen LogP contribution in [0.3, 0.4) is 0 Å². The van der Waals surface area contributed by atoms with E-state index in [0.29, 0.717) is 0 Å². The minimum Gasteiger partial charge on any atom is -0.256 e. The molecule has 0 heterocycles. The molecule has 0 atom stereocenters. The molecule has 0 spiro atoms. The third-order valence-electron chi connectivity index (χ3n) is 4.49. The summed E-state index contributed by atoms with van der Waals surface area (Å²) in [4.78, 5) is 4.61. The molecule has 0 aromatic heterocycles.